The summed E-state index contributed by atoms with van der Waals surface area (Å²) in [6, 6.07) is 0. The summed E-state index contributed by atoms with van der Waals surface area (Å²) in [5.41, 5.74) is 0. The lowest BCUT2D eigenvalue weighted by molar-refractivity contribution is -0.161. The smallest absolute Gasteiger partial charge is 0.306 e. The largest absolute Gasteiger partial charge is 0.462 e. The highest BCUT2D eigenvalue weighted by Crippen LogP contribution is 2.36. The molecular formula is C36H64O8. The molecule has 0 amide bonds. The Kier molecular flexibility index (Phi) is 23.3. The van der Waals surface area contributed by atoms with Crippen LogP contribution in [0.2, 0.25) is 0 Å². The van der Waals surface area contributed by atoms with Gasteiger partial charge in [0.05, 0.1) is 24.9 Å². The summed E-state index contributed by atoms with van der Waals surface area (Å²) < 4.78 is 10.5. The standard InChI is InChI=1S/C36H64O8/c1-4-6-13-19-29(38)23-24-32-31(33(39)25-34(32)40)20-15-11-12-17-22-36(42)44-30(26-37)27-43-35(41)21-16-10-8-7-9-14-18-28(3)5-2/h11,15,23-24,28-34,37-40H,4-10,12-14,16-22,25-27H2,1-3H3/b15-11+,24-23+/t28?,29-,30-,31+,32+,33-,34+/m0/s1. The number of unbranched alkanes of at least 4 members (excludes halogenated alkanes) is 8. The average molecular weight is 625 g/mol. The minimum Gasteiger partial charge on any atom is -0.462 e. The highest BCUT2D eigenvalue weighted by molar-refractivity contribution is 5.70. The third-order valence-electron chi connectivity index (χ3n) is 8.86. The molecule has 7 atom stereocenters. The third-order valence-corrected chi connectivity index (χ3v) is 8.86. The van der Waals surface area contributed by atoms with E-state index in [4.69, 9.17) is 9.47 Å². The van der Waals surface area contributed by atoms with Crippen molar-refractivity contribution in [1.29, 1.82) is 0 Å². The number of esters is 2. The van der Waals surface area contributed by atoms with Crippen molar-refractivity contribution in [2.24, 2.45) is 17.8 Å². The van der Waals surface area contributed by atoms with Crippen molar-refractivity contribution in [3.8, 4) is 0 Å². The van der Waals surface area contributed by atoms with Crippen LogP contribution in [0.15, 0.2) is 24.3 Å². The molecule has 0 heterocycles. The van der Waals surface area contributed by atoms with Crippen LogP contribution in [0.25, 0.3) is 0 Å². The summed E-state index contributed by atoms with van der Waals surface area (Å²) in [6.07, 6.45) is 20.5. The molecule has 1 unspecified atom stereocenters. The van der Waals surface area contributed by atoms with Gasteiger partial charge in [0.2, 0.25) is 0 Å². The lowest BCUT2D eigenvalue weighted by Gasteiger charge is -2.19. The van der Waals surface area contributed by atoms with E-state index < -0.39 is 37.0 Å². The molecule has 256 valence electrons. The maximum atomic E-state index is 12.2. The summed E-state index contributed by atoms with van der Waals surface area (Å²) >= 11 is 0. The van der Waals surface area contributed by atoms with Gasteiger partial charge in [0.15, 0.2) is 6.10 Å². The first-order valence-electron chi connectivity index (χ1n) is 17.5. The molecule has 0 bridgehead atoms. The third kappa shape index (κ3) is 18.9. The summed E-state index contributed by atoms with van der Waals surface area (Å²) in [4.78, 5) is 24.3. The lowest BCUT2D eigenvalue weighted by Crippen LogP contribution is -2.28. The Bertz CT molecular complexity index is 797. The van der Waals surface area contributed by atoms with Crippen LogP contribution in [0.1, 0.15) is 136 Å². The number of hydrogen-bond donors (Lipinski definition) is 4. The van der Waals surface area contributed by atoms with E-state index in [1.165, 1.54) is 32.1 Å². The molecule has 1 rings (SSSR count). The van der Waals surface area contributed by atoms with E-state index in [0.717, 1.165) is 44.4 Å². The molecule has 0 radical (unpaired) electrons. The molecule has 0 aliphatic heterocycles. The lowest BCUT2D eigenvalue weighted by atomic mass is 9.89. The van der Waals surface area contributed by atoms with Crippen molar-refractivity contribution < 1.29 is 39.5 Å². The molecule has 1 aliphatic rings. The van der Waals surface area contributed by atoms with Gasteiger partial charge in [0.25, 0.3) is 0 Å². The van der Waals surface area contributed by atoms with Crippen LogP contribution < -0.4 is 0 Å². The van der Waals surface area contributed by atoms with E-state index in [1.54, 1.807) is 6.08 Å². The predicted octanol–water partition coefficient (Wildman–Crippen LogP) is 6.57. The number of hydrogen-bond acceptors (Lipinski definition) is 8. The van der Waals surface area contributed by atoms with Gasteiger partial charge in [-0.25, -0.2) is 0 Å². The van der Waals surface area contributed by atoms with Crippen LogP contribution in [-0.2, 0) is 19.1 Å². The van der Waals surface area contributed by atoms with Crippen molar-refractivity contribution in [2.75, 3.05) is 13.2 Å². The zero-order valence-corrected chi connectivity index (χ0v) is 27.9. The summed E-state index contributed by atoms with van der Waals surface area (Å²) in [7, 11) is 0. The number of carbonyl (C=O) groups is 2. The minimum atomic E-state index is -0.863. The number of ether oxygens (including phenoxy) is 2. The van der Waals surface area contributed by atoms with Gasteiger partial charge in [-0.1, -0.05) is 109 Å². The van der Waals surface area contributed by atoms with E-state index >= 15 is 0 Å². The second kappa shape index (κ2) is 25.5. The second-order valence-corrected chi connectivity index (χ2v) is 12.8. The number of carbonyl (C=O) groups excluding carboxylic acids is 2. The normalized spacial score (nSPS) is 22.4. The van der Waals surface area contributed by atoms with Crippen LogP contribution in [0.5, 0.6) is 0 Å². The van der Waals surface area contributed by atoms with Crippen LogP contribution >= 0.6 is 0 Å². The van der Waals surface area contributed by atoms with Crippen molar-refractivity contribution in [2.45, 2.75) is 161 Å². The molecule has 0 spiro atoms. The molecule has 8 heteroatoms. The maximum Gasteiger partial charge on any atom is 0.306 e. The first-order valence-corrected chi connectivity index (χ1v) is 17.5. The second-order valence-electron chi connectivity index (χ2n) is 12.8. The van der Waals surface area contributed by atoms with Crippen LogP contribution in [-0.4, -0.2) is 70.0 Å². The van der Waals surface area contributed by atoms with Crippen molar-refractivity contribution >= 4 is 11.9 Å². The van der Waals surface area contributed by atoms with Crippen LogP contribution in [0.4, 0.5) is 0 Å². The number of allylic oxidation sites excluding steroid dienone is 2. The molecule has 0 aromatic rings. The van der Waals surface area contributed by atoms with Crippen molar-refractivity contribution in [3.63, 3.8) is 0 Å². The molecule has 1 saturated carbocycles. The molecular weight excluding hydrogens is 560 g/mol. The zero-order valence-electron chi connectivity index (χ0n) is 27.9. The minimum absolute atomic E-state index is 0.123. The van der Waals surface area contributed by atoms with Gasteiger partial charge in [-0.05, 0) is 43.9 Å². The topological polar surface area (TPSA) is 134 Å². The Hall–Kier alpha value is -1.74. The summed E-state index contributed by atoms with van der Waals surface area (Å²) in [5.74, 6) is -0.300. The Morgan fingerprint density at radius 1 is 0.864 bits per heavy atom. The molecule has 1 fully saturated rings. The van der Waals surface area contributed by atoms with Gasteiger partial charge < -0.3 is 29.9 Å². The van der Waals surface area contributed by atoms with Crippen LogP contribution in [0, 0.1) is 17.8 Å². The highest BCUT2D eigenvalue weighted by Gasteiger charge is 2.39. The zero-order chi connectivity index (χ0) is 32.6. The van der Waals surface area contributed by atoms with Gasteiger partial charge in [-0.2, -0.15) is 0 Å². The summed E-state index contributed by atoms with van der Waals surface area (Å²) in [6.45, 7) is 6.10. The molecule has 0 saturated heterocycles. The molecule has 44 heavy (non-hydrogen) atoms. The maximum absolute atomic E-state index is 12.2. The Morgan fingerprint density at radius 2 is 1.55 bits per heavy atom. The molecule has 4 N–H and O–H groups in total. The quantitative estimate of drug-likeness (QED) is 0.0482. The molecule has 0 aromatic carbocycles. The molecule has 8 nitrogen and oxygen atoms in total. The fraction of sp³-hybridized carbons (Fsp3) is 0.833. The molecule has 1 aliphatic carbocycles. The highest BCUT2D eigenvalue weighted by atomic mass is 16.6. The first-order chi connectivity index (χ1) is 21.2. The average Bonchev–Trinajstić information content (AvgIpc) is 3.28. The Morgan fingerprint density at radius 3 is 2.25 bits per heavy atom. The van der Waals surface area contributed by atoms with Crippen LogP contribution in [0.3, 0.4) is 0 Å². The van der Waals surface area contributed by atoms with E-state index in [-0.39, 0.29) is 30.8 Å². The number of rotatable bonds is 26. The number of aliphatic hydroxyl groups excluding tert-OH is 4. The van der Waals surface area contributed by atoms with E-state index in [9.17, 15) is 30.0 Å². The number of aliphatic hydroxyl groups is 4. The van der Waals surface area contributed by atoms with E-state index in [2.05, 4.69) is 20.8 Å². The Labute approximate surface area is 267 Å². The van der Waals surface area contributed by atoms with Crippen molar-refractivity contribution in [3.05, 3.63) is 24.3 Å². The van der Waals surface area contributed by atoms with E-state index in [1.807, 2.05) is 18.2 Å². The van der Waals surface area contributed by atoms with Gasteiger partial charge in [0, 0.05) is 25.2 Å². The van der Waals surface area contributed by atoms with Gasteiger partial charge >= 0.3 is 11.9 Å². The van der Waals surface area contributed by atoms with Gasteiger partial charge in [-0.3, -0.25) is 9.59 Å². The Balaban J connectivity index is 2.22. The fourth-order valence-electron chi connectivity index (χ4n) is 5.70. The van der Waals surface area contributed by atoms with Gasteiger partial charge in [0.1, 0.15) is 6.61 Å². The monoisotopic (exact) mass is 624 g/mol. The summed E-state index contributed by atoms with van der Waals surface area (Å²) in [5, 5.41) is 40.6. The molecule has 0 aromatic heterocycles. The predicted molar refractivity (Wildman–Crippen MR) is 175 cm³/mol. The van der Waals surface area contributed by atoms with Crippen molar-refractivity contribution in [1.82, 2.24) is 0 Å². The SMILES string of the molecule is CCCCC[C@H](O)/C=C/[C@@H]1[C@@H](C/C=C/CCCC(=O)O[C@@H](CO)COC(=O)CCCCCCCCC(C)CC)[C@@H](O)C[C@H]1O. The van der Waals surface area contributed by atoms with E-state index in [0.29, 0.717) is 38.5 Å². The first kappa shape index (κ1) is 40.3. The fourth-order valence-corrected chi connectivity index (χ4v) is 5.70. The van der Waals surface area contributed by atoms with Gasteiger partial charge in [-0.15, -0.1) is 0 Å².